The summed E-state index contributed by atoms with van der Waals surface area (Å²) in [5, 5.41) is 33.4. The topological polar surface area (TPSA) is 89.8 Å². The number of carbonyl (C=O) groups excluding carboxylic acids is 1. The highest BCUT2D eigenvalue weighted by atomic mass is 16.3. The van der Waals surface area contributed by atoms with Gasteiger partial charge < -0.3 is 20.6 Å². The molecule has 0 bridgehead atoms. The lowest BCUT2D eigenvalue weighted by Crippen LogP contribution is -2.50. The highest BCUT2D eigenvalue weighted by Crippen LogP contribution is 2.17. The van der Waals surface area contributed by atoms with Gasteiger partial charge in [0.2, 0.25) is 5.91 Å². The van der Waals surface area contributed by atoms with Gasteiger partial charge in [-0.15, -0.1) is 0 Å². The molecule has 0 saturated carbocycles. The van der Waals surface area contributed by atoms with E-state index < -0.39 is 18.2 Å². The number of nitrogens with one attached hydrogen (secondary N) is 1. The molecule has 0 aromatic carbocycles. The van der Waals surface area contributed by atoms with E-state index in [1.807, 2.05) is 0 Å². The summed E-state index contributed by atoms with van der Waals surface area (Å²) in [4.78, 5) is 12.3. The fraction of sp³-hybridized carbons (Fsp3) is 0.976. The van der Waals surface area contributed by atoms with Crippen molar-refractivity contribution in [2.75, 3.05) is 6.61 Å². The molecule has 0 aromatic heterocycles. The summed E-state index contributed by atoms with van der Waals surface area (Å²) in [6.07, 6.45) is 40.7. The predicted molar refractivity (Wildman–Crippen MR) is 199 cm³/mol. The quantitative estimate of drug-likeness (QED) is 0.0499. The van der Waals surface area contributed by atoms with Crippen molar-refractivity contribution in [3.05, 3.63) is 0 Å². The number of aliphatic hydroxyl groups is 3. The molecule has 0 aliphatic rings. The molecule has 3 unspecified atom stereocenters. The van der Waals surface area contributed by atoms with Crippen LogP contribution in [0.25, 0.3) is 0 Å². The van der Waals surface area contributed by atoms with E-state index in [0.29, 0.717) is 12.8 Å². The van der Waals surface area contributed by atoms with Crippen LogP contribution in [0.5, 0.6) is 0 Å². The summed E-state index contributed by atoms with van der Waals surface area (Å²) >= 11 is 0. The third-order valence-corrected chi connectivity index (χ3v) is 9.96. The number of aliphatic hydroxyl groups excluding tert-OH is 3. The van der Waals surface area contributed by atoms with Gasteiger partial charge in [0.25, 0.3) is 0 Å². The number of rotatable bonds is 38. The largest absolute Gasteiger partial charge is 0.394 e. The summed E-state index contributed by atoms with van der Waals surface area (Å²) in [6.45, 7) is 4.17. The highest BCUT2D eigenvalue weighted by Gasteiger charge is 2.26. The number of hydrogen-bond donors (Lipinski definition) is 4. The van der Waals surface area contributed by atoms with Crippen molar-refractivity contribution in [1.29, 1.82) is 0 Å². The molecule has 1 amide bonds. The van der Waals surface area contributed by atoms with E-state index in [1.165, 1.54) is 173 Å². The van der Waals surface area contributed by atoms with Crippen LogP contribution in [0, 0.1) is 0 Å². The van der Waals surface area contributed by atoms with Crippen LogP contribution >= 0.6 is 0 Å². The first-order valence-corrected chi connectivity index (χ1v) is 20.8. The van der Waals surface area contributed by atoms with Crippen LogP contribution in [0.2, 0.25) is 0 Å². The Kier molecular flexibility index (Phi) is 36.6. The lowest BCUT2D eigenvalue weighted by atomic mass is 9.99. The van der Waals surface area contributed by atoms with E-state index in [4.69, 9.17) is 0 Å². The molecular weight excluding hydrogens is 570 g/mol. The summed E-state index contributed by atoms with van der Waals surface area (Å²) in [7, 11) is 0. The van der Waals surface area contributed by atoms with Gasteiger partial charge in [0, 0.05) is 6.42 Å². The summed E-state index contributed by atoms with van der Waals surface area (Å²) in [5.74, 6) is -0.144. The molecule has 0 aliphatic heterocycles. The van der Waals surface area contributed by atoms with E-state index >= 15 is 0 Å². The van der Waals surface area contributed by atoms with Crippen LogP contribution < -0.4 is 5.32 Å². The summed E-state index contributed by atoms with van der Waals surface area (Å²) < 4.78 is 0. The highest BCUT2D eigenvalue weighted by molar-refractivity contribution is 5.76. The average molecular weight is 654 g/mol. The SMILES string of the molecule is CCCCCCCCCCCCCCCCCCCCCCCCC(O)C(O)C(CO)NC(=O)CCCCCCCCCCCC. The standard InChI is InChI=1S/C41H83NO4/c1-3-5-7-9-11-13-15-16-17-18-19-20-21-22-23-24-25-26-27-29-31-33-35-39(44)41(46)38(37-43)42-40(45)36-34-32-30-28-14-12-10-8-6-4-2/h38-39,41,43-44,46H,3-37H2,1-2H3,(H,42,45). The maximum Gasteiger partial charge on any atom is 0.220 e. The Morgan fingerprint density at radius 2 is 0.739 bits per heavy atom. The number of hydrogen-bond acceptors (Lipinski definition) is 4. The van der Waals surface area contributed by atoms with E-state index in [1.54, 1.807) is 0 Å². The molecule has 0 heterocycles. The normalized spacial score (nSPS) is 13.6. The summed E-state index contributed by atoms with van der Waals surface area (Å²) in [6, 6.07) is -0.801. The molecule has 0 rings (SSSR count). The molecule has 0 spiro atoms. The molecule has 0 radical (unpaired) electrons. The fourth-order valence-corrected chi connectivity index (χ4v) is 6.69. The predicted octanol–water partition coefficient (Wildman–Crippen LogP) is 11.5. The van der Waals surface area contributed by atoms with Crippen molar-refractivity contribution in [2.24, 2.45) is 0 Å². The lowest BCUT2D eigenvalue weighted by Gasteiger charge is -2.26. The van der Waals surface area contributed by atoms with Crippen LogP contribution in [0.3, 0.4) is 0 Å². The van der Waals surface area contributed by atoms with Gasteiger partial charge in [0.1, 0.15) is 6.10 Å². The van der Waals surface area contributed by atoms with Crippen LogP contribution in [0.1, 0.15) is 232 Å². The zero-order valence-corrected chi connectivity index (χ0v) is 31.2. The van der Waals surface area contributed by atoms with Gasteiger partial charge in [-0.25, -0.2) is 0 Å². The molecule has 0 saturated heterocycles. The molecule has 0 fully saturated rings. The van der Waals surface area contributed by atoms with Gasteiger partial charge in [-0.2, -0.15) is 0 Å². The van der Waals surface area contributed by atoms with Crippen LogP contribution in [-0.4, -0.2) is 46.1 Å². The molecule has 5 nitrogen and oxygen atoms in total. The van der Waals surface area contributed by atoms with Gasteiger partial charge >= 0.3 is 0 Å². The molecule has 0 aromatic rings. The molecular formula is C41H83NO4. The average Bonchev–Trinajstić information content (AvgIpc) is 3.06. The first-order chi connectivity index (χ1) is 22.6. The van der Waals surface area contributed by atoms with E-state index in [0.717, 1.165) is 32.1 Å². The molecule has 0 aliphatic carbocycles. The zero-order valence-electron chi connectivity index (χ0n) is 31.2. The zero-order chi connectivity index (χ0) is 33.8. The second-order valence-electron chi connectivity index (χ2n) is 14.6. The number of amides is 1. The second-order valence-corrected chi connectivity index (χ2v) is 14.6. The van der Waals surface area contributed by atoms with Gasteiger partial charge in [-0.1, -0.05) is 213 Å². The van der Waals surface area contributed by atoms with Crippen molar-refractivity contribution in [1.82, 2.24) is 5.32 Å². The Bertz CT molecular complexity index is 601. The van der Waals surface area contributed by atoms with Gasteiger partial charge in [-0.3, -0.25) is 4.79 Å². The van der Waals surface area contributed by atoms with Gasteiger partial charge in [0.15, 0.2) is 0 Å². The Labute approximate surface area is 287 Å². The fourth-order valence-electron chi connectivity index (χ4n) is 6.69. The van der Waals surface area contributed by atoms with E-state index in [2.05, 4.69) is 19.2 Å². The minimum absolute atomic E-state index is 0.144. The Morgan fingerprint density at radius 3 is 1.04 bits per heavy atom. The van der Waals surface area contributed by atoms with Crippen molar-refractivity contribution in [3.63, 3.8) is 0 Å². The van der Waals surface area contributed by atoms with Crippen LogP contribution in [0.15, 0.2) is 0 Å². The van der Waals surface area contributed by atoms with Gasteiger partial charge in [0.05, 0.1) is 18.8 Å². The molecule has 3 atom stereocenters. The van der Waals surface area contributed by atoms with Crippen LogP contribution in [0.4, 0.5) is 0 Å². The lowest BCUT2D eigenvalue weighted by molar-refractivity contribution is -0.124. The molecule has 5 heteroatoms. The molecule has 276 valence electrons. The third-order valence-electron chi connectivity index (χ3n) is 9.96. The minimum Gasteiger partial charge on any atom is -0.394 e. The Morgan fingerprint density at radius 1 is 0.457 bits per heavy atom. The maximum atomic E-state index is 12.3. The maximum absolute atomic E-state index is 12.3. The smallest absolute Gasteiger partial charge is 0.220 e. The van der Waals surface area contributed by atoms with Crippen molar-refractivity contribution in [3.8, 4) is 0 Å². The van der Waals surface area contributed by atoms with E-state index in [-0.39, 0.29) is 12.5 Å². The molecule has 4 N–H and O–H groups in total. The van der Waals surface area contributed by atoms with E-state index in [9.17, 15) is 20.1 Å². The number of unbranched alkanes of at least 4 members (excludes halogenated alkanes) is 30. The Hall–Kier alpha value is -0.650. The van der Waals surface area contributed by atoms with Crippen LogP contribution in [-0.2, 0) is 4.79 Å². The van der Waals surface area contributed by atoms with Crippen molar-refractivity contribution >= 4 is 5.91 Å². The molecule has 46 heavy (non-hydrogen) atoms. The van der Waals surface area contributed by atoms with Crippen molar-refractivity contribution in [2.45, 2.75) is 250 Å². The summed E-state index contributed by atoms with van der Waals surface area (Å²) in [5.41, 5.74) is 0. The van der Waals surface area contributed by atoms with Gasteiger partial charge in [-0.05, 0) is 12.8 Å². The van der Waals surface area contributed by atoms with Crippen molar-refractivity contribution < 1.29 is 20.1 Å². The first kappa shape index (κ1) is 45.3. The second kappa shape index (κ2) is 37.2. The Balaban J connectivity index is 3.55. The number of carbonyl (C=O) groups is 1. The minimum atomic E-state index is -1.13. The first-order valence-electron chi connectivity index (χ1n) is 20.8. The monoisotopic (exact) mass is 654 g/mol. The third kappa shape index (κ3) is 31.9.